The highest BCUT2D eigenvalue weighted by atomic mass is 19.4. The molecule has 0 aliphatic carbocycles. The van der Waals surface area contributed by atoms with Crippen LogP contribution in [0.1, 0.15) is 60.9 Å². The molecule has 10 heteroatoms. The second kappa shape index (κ2) is 10.0. The summed E-state index contributed by atoms with van der Waals surface area (Å²) >= 11 is 0. The zero-order valence-corrected chi connectivity index (χ0v) is 19.5. The van der Waals surface area contributed by atoms with Crippen LogP contribution in [0.3, 0.4) is 0 Å². The lowest BCUT2D eigenvalue weighted by Crippen LogP contribution is -2.41. The number of Topliss-reactive ketones (excluding diaryl/α,β-unsaturated/α-hetero) is 1. The van der Waals surface area contributed by atoms with E-state index in [0.717, 1.165) is 30.7 Å². The van der Waals surface area contributed by atoms with Crippen LogP contribution in [0.2, 0.25) is 0 Å². The highest BCUT2D eigenvalue weighted by Gasteiger charge is 2.32. The molecule has 0 N–H and O–H groups in total. The lowest BCUT2D eigenvalue weighted by Gasteiger charge is -2.25. The minimum atomic E-state index is -4.52. The van der Waals surface area contributed by atoms with Crippen molar-refractivity contribution in [2.24, 2.45) is 7.05 Å². The molecule has 1 amide bonds. The van der Waals surface area contributed by atoms with Crippen molar-refractivity contribution in [2.45, 2.75) is 39.0 Å². The predicted octanol–water partition coefficient (Wildman–Crippen LogP) is 3.95. The van der Waals surface area contributed by atoms with E-state index >= 15 is 0 Å². The van der Waals surface area contributed by atoms with Crippen LogP contribution in [0.15, 0.2) is 24.3 Å². The Morgan fingerprint density at radius 1 is 1.18 bits per heavy atom. The van der Waals surface area contributed by atoms with Crippen molar-refractivity contribution in [1.29, 1.82) is 0 Å². The molecule has 1 atom stereocenters. The molecule has 1 saturated heterocycles. The number of nitrogens with zero attached hydrogens (tertiary/aromatic N) is 2. The van der Waals surface area contributed by atoms with Crippen molar-refractivity contribution in [3.8, 4) is 0 Å². The molecule has 1 fully saturated rings. The molecule has 2 heterocycles. The van der Waals surface area contributed by atoms with Crippen LogP contribution >= 0.6 is 0 Å². The van der Waals surface area contributed by atoms with Crippen molar-refractivity contribution in [3.05, 3.63) is 57.9 Å². The largest absolute Gasteiger partial charge is 0.464 e. The Morgan fingerprint density at radius 3 is 2.35 bits per heavy atom. The molecule has 1 unspecified atom stereocenters. The summed E-state index contributed by atoms with van der Waals surface area (Å²) in [5.74, 6) is -1.55. The number of hydrogen-bond acceptors (Lipinski definition) is 5. The quantitative estimate of drug-likeness (QED) is 0.443. The number of ether oxygens (including phenoxy) is 2. The third-order valence-electron chi connectivity index (χ3n) is 6.12. The van der Waals surface area contributed by atoms with Crippen molar-refractivity contribution >= 4 is 17.7 Å². The van der Waals surface area contributed by atoms with E-state index in [1.54, 1.807) is 25.5 Å². The first-order chi connectivity index (χ1) is 16.0. The van der Waals surface area contributed by atoms with Gasteiger partial charge in [-0.1, -0.05) is 0 Å². The van der Waals surface area contributed by atoms with Crippen LogP contribution < -0.4 is 0 Å². The first-order valence-corrected chi connectivity index (χ1v) is 10.8. The molecule has 2 aromatic rings. The summed E-state index contributed by atoms with van der Waals surface area (Å²) < 4.78 is 50.7. The maximum atomic E-state index is 13.3. The van der Waals surface area contributed by atoms with Gasteiger partial charge in [0, 0.05) is 37.0 Å². The number of ketones is 1. The normalized spacial score (nSPS) is 15.9. The van der Waals surface area contributed by atoms with E-state index in [0.29, 0.717) is 29.8 Å². The zero-order chi connectivity index (χ0) is 25.2. The van der Waals surface area contributed by atoms with Gasteiger partial charge in [-0.2, -0.15) is 13.2 Å². The number of carbonyl (C=O) groups excluding carboxylic acids is 3. The lowest BCUT2D eigenvalue weighted by atomic mass is 10.0. The maximum Gasteiger partial charge on any atom is 0.416 e. The molecule has 3 rings (SSSR count). The number of benzene rings is 1. The summed E-state index contributed by atoms with van der Waals surface area (Å²) in [5.41, 5.74) is 0.702. The number of hydrogen-bond donors (Lipinski definition) is 0. The number of methoxy groups -OCH3 is 1. The van der Waals surface area contributed by atoms with E-state index in [-0.39, 0.29) is 36.2 Å². The minimum absolute atomic E-state index is 0.0375. The monoisotopic (exact) mass is 480 g/mol. The van der Waals surface area contributed by atoms with E-state index in [2.05, 4.69) is 0 Å². The topological polar surface area (TPSA) is 77.8 Å². The van der Waals surface area contributed by atoms with Crippen LogP contribution in [0, 0.1) is 13.8 Å². The predicted molar refractivity (Wildman–Crippen MR) is 117 cm³/mol. The first kappa shape index (κ1) is 25.5. The van der Waals surface area contributed by atoms with Gasteiger partial charge in [-0.25, -0.2) is 4.79 Å². The standard InChI is InChI=1S/C24H27F3N2O5/c1-14-20(15(2)28(3)21(14)23(32)33-4)19(30)13-29(12-18-6-5-11-34-18)22(31)16-7-9-17(10-8-16)24(25,26)27/h7-10,18H,5-6,11-13H2,1-4H3. The summed E-state index contributed by atoms with van der Waals surface area (Å²) in [7, 11) is 2.89. The van der Waals surface area contributed by atoms with E-state index < -0.39 is 23.6 Å². The summed E-state index contributed by atoms with van der Waals surface area (Å²) in [5, 5.41) is 0. The van der Waals surface area contributed by atoms with Gasteiger partial charge in [0.15, 0.2) is 5.78 Å². The van der Waals surface area contributed by atoms with Crippen molar-refractivity contribution in [2.75, 3.05) is 26.8 Å². The zero-order valence-electron chi connectivity index (χ0n) is 19.5. The van der Waals surface area contributed by atoms with Gasteiger partial charge in [-0.05, 0) is 56.5 Å². The molecule has 184 valence electrons. The van der Waals surface area contributed by atoms with Gasteiger partial charge < -0.3 is 18.9 Å². The number of halogens is 3. The summed E-state index contributed by atoms with van der Waals surface area (Å²) in [6, 6.07) is 3.89. The molecule has 1 aromatic heterocycles. The molecule has 0 saturated carbocycles. The molecule has 1 aliphatic rings. The van der Waals surface area contributed by atoms with Gasteiger partial charge in [0.2, 0.25) is 0 Å². The van der Waals surface area contributed by atoms with Crippen LogP contribution in [-0.2, 0) is 22.7 Å². The fraction of sp³-hybridized carbons (Fsp3) is 0.458. The highest BCUT2D eigenvalue weighted by molar-refractivity contribution is 6.06. The molecular formula is C24H27F3N2O5. The van der Waals surface area contributed by atoms with Gasteiger partial charge in [-0.15, -0.1) is 0 Å². The number of amides is 1. The SMILES string of the molecule is COC(=O)c1c(C)c(C(=O)CN(CC2CCCO2)C(=O)c2ccc(C(F)(F)F)cc2)c(C)n1C. The molecule has 1 aromatic carbocycles. The fourth-order valence-electron chi connectivity index (χ4n) is 4.26. The molecule has 1 aliphatic heterocycles. The third-order valence-corrected chi connectivity index (χ3v) is 6.12. The molecule has 34 heavy (non-hydrogen) atoms. The van der Waals surface area contributed by atoms with E-state index in [1.165, 1.54) is 12.0 Å². The summed E-state index contributed by atoms with van der Waals surface area (Å²) in [6.45, 7) is 3.68. The Labute approximate surface area is 195 Å². The Balaban J connectivity index is 1.90. The number of carbonyl (C=O) groups is 3. The second-order valence-electron chi connectivity index (χ2n) is 8.30. The minimum Gasteiger partial charge on any atom is -0.464 e. The maximum absolute atomic E-state index is 13.3. The lowest BCUT2D eigenvalue weighted by molar-refractivity contribution is -0.137. The first-order valence-electron chi connectivity index (χ1n) is 10.8. The molecule has 7 nitrogen and oxygen atoms in total. The van der Waals surface area contributed by atoms with Crippen molar-refractivity contribution < 1.29 is 37.0 Å². The molecule has 0 radical (unpaired) electrons. The Bertz CT molecular complexity index is 1080. The average Bonchev–Trinajstić information content (AvgIpc) is 3.38. The highest BCUT2D eigenvalue weighted by Crippen LogP contribution is 2.29. The fourth-order valence-corrected chi connectivity index (χ4v) is 4.26. The Morgan fingerprint density at radius 2 is 1.82 bits per heavy atom. The van der Waals surface area contributed by atoms with Crippen LogP contribution in [0.25, 0.3) is 0 Å². The number of rotatable bonds is 7. The Hall–Kier alpha value is -3.14. The molecule has 0 bridgehead atoms. The number of esters is 1. The van der Waals surface area contributed by atoms with Crippen LogP contribution in [0.4, 0.5) is 13.2 Å². The number of aromatic nitrogens is 1. The summed E-state index contributed by atoms with van der Waals surface area (Å²) in [4.78, 5) is 40.0. The van der Waals surface area contributed by atoms with Crippen LogP contribution in [0.5, 0.6) is 0 Å². The van der Waals surface area contributed by atoms with Gasteiger partial charge in [0.05, 0.1) is 25.3 Å². The number of alkyl halides is 3. The molecule has 0 spiro atoms. The van der Waals surface area contributed by atoms with E-state index in [9.17, 15) is 27.6 Å². The van der Waals surface area contributed by atoms with E-state index in [1.807, 2.05) is 0 Å². The van der Waals surface area contributed by atoms with Gasteiger partial charge in [-0.3, -0.25) is 9.59 Å². The van der Waals surface area contributed by atoms with Crippen molar-refractivity contribution in [1.82, 2.24) is 9.47 Å². The van der Waals surface area contributed by atoms with Crippen molar-refractivity contribution in [3.63, 3.8) is 0 Å². The van der Waals surface area contributed by atoms with Crippen LogP contribution in [-0.4, -0.2) is 60.0 Å². The average molecular weight is 480 g/mol. The Kier molecular flexibility index (Phi) is 7.50. The summed E-state index contributed by atoms with van der Waals surface area (Å²) in [6.07, 6.45) is -3.26. The van der Waals surface area contributed by atoms with Gasteiger partial charge in [0.25, 0.3) is 5.91 Å². The molecular weight excluding hydrogens is 453 g/mol. The smallest absolute Gasteiger partial charge is 0.416 e. The van der Waals surface area contributed by atoms with E-state index in [4.69, 9.17) is 9.47 Å². The van der Waals surface area contributed by atoms with Gasteiger partial charge >= 0.3 is 12.1 Å². The second-order valence-corrected chi connectivity index (χ2v) is 8.30. The third kappa shape index (κ3) is 5.16. The van der Waals surface area contributed by atoms with Gasteiger partial charge in [0.1, 0.15) is 5.69 Å².